The lowest BCUT2D eigenvalue weighted by atomic mass is 10.2. The van der Waals surface area contributed by atoms with E-state index in [-0.39, 0.29) is 19.0 Å². The number of H-pyrrole nitrogens is 1. The molecular weight excluding hydrogens is 311 g/mol. The van der Waals surface area contributed by atoms with Crippen molar-refractivity contribution in [3.63, 3.8) is 0 Å². The Morgan fingerprint density at radius 2 is 1.79 bits per heavy atom. The Balaban J connectivity index is 1.48. The summed E-state index contributed by atoms with van der Waals surface area (Å²) in [7, 11) is 0. The summed E-state index contributed by atoms with van der Waals surface area (Å²) in [6.45, 7) is 0.0658. The van der Waals surface area contributed by atoms with Crippen LogP contribution in [0.1, 0.15) is 16.2 Å². The molecule has 0 aliphatic heterocycles. The second-order valence-electron chi connectivity index (χ2n) is 5.17. The summed E-state index contributed by atoms with van der Waals surface area (Å²) in [4.78, 5) is 31.1. The highest BCUT2D eigenvalue weighted by Crippen LogP contribution is 2.09. The molecule has 0 aliphatic carbocycles. The predicted octanol–water partition coefficient (Wildman–Crippen LogP) is 1.75. The Hall–Kier alpha value is -3.22. The lowest BCUT2D eigenvalue weighted by Gasteiger charge is -2.06. The van der Waals surface area contributed by atoms with Gasteiger partial charge in [-0.05, 0) is 36.4 Å². The number of halogens is 1. The van der Waals surface area contributed by atoms with E-state index in [0.717, 1.165) is 11.0 Å². The number of hydrogen-bond donors (Lipinski definition) is 3. The monoisotopic (exact) mass is 326 g/mol. The van der Waals surface area contributed by atoms with Crippen LogP contribution in [0, 0.1) is 5.82 Å². The smallest absolute Gasteiger partial charge is 0.251 e. The third kappa shape index (κ3) is 3.75. The van der Waals surface area contributed by atoms with E-state index in [2.05, 4.69) is 20.6 Å². The maximum Gasteiger partial charge on any atom is 0.251 e. The van der Waals surface area contributed by atoms with Gasteiger partial charge in [-0.1, -0.05) is 12.1 Å². The van der Waals surface area contributed by atoms with Gasteiger partial charge in [0.2, 0.25) is 5.91 Å². The second-order valence-corrected chi connectivity index (χ2v) is 5.17. The van der Waals surface area contributed by atoms with Gasteiger partial charge in [0.1, 0.15) is 11.6 Å². The fourth-order valence-electron chi connectivity index (χ4n) is 2.20. The average molecular weight is 326 g/mol. The van der Waals surface area contributed by atoms with Gasteiger partial charge < -0.3 is 15.6 Å². The van der Waals surface area contributed by atoms with Crippen LogP contribution < -0.4 is 10.6 Å². The summed E-state index contributed by atoms with van der Waals surface area (Å²) >= 11 is 0. The largest absolute Gasteiger partial charge is 0.347 e. The lowest BCUT2D eigenvalue weighted by Crippen LogP contribution is -2.36. The number of fused-ring (bicyclic) bond motifs is 1. The van der Waals surface area contributed by atoms with Crippen molar-refractivity contribution >= 4 is 22.8 Å². The van der Waals surface area contributed by atoms with Crippen molar-refractivity contribution in [2.24, 2.45) is 0 Å². The molecule has 122 valence electrons. The number of imidazole rings is 1. The van der Waals surface area contributed by atoms with Crippen molar-refractivity contribution in [3.05, 3.63) is 65.7 Å². The molecule has 2 amide bonds. The fourth-order valence-corrected chi connectivity index (χ4v) is 2.20. The number of carbonyl (C=O) groups excluding carboxylic acids is 2. The molecule has 2 aromatic carbocycles. The second kappa shape index (κ2) is 6.91. The molecular formula is C17H15FN4O2. The van der Waals surface area contributed by atoms with E-state index in [0.29, 0.717) is 11.4 Å². The van der Waals surface area contributed by atoms with Crippen LogP contribution in [0.15, 0.2) is 48.5 Å². The Kier molecular flexibility index (Phi) is 4.51. The quantitative estimate of drug-likeness (QED) is 0.667. The number of nitrogens with zero attached hydrogens (tertiary/aromatic N) is 1. The van der Waals surface area contributed by atoms with E-state index >= 15 is 0 Å². The Labute approximate surface area is 137 Å². The van der Waals surface area contributed by atoms with E-state index in [1.54, 1.807) is 0 Å². The normalized spacial score (nSPS) is 10.5. The maximum absolute atomic E-state index is 12.8. The van der Waals surface area contributed by atoms with Gasteiger partial charge in [-0.15, -0.1) is 0 Å². The summed E-state index contributed by atoms with van der Waals surface area (Å²) in [5.41, 5.74) is 2.01. The first kappa shape index (κ1) is 15.7. The van der Waals surface area contributed by atoms with Gasteiger partial charge in [0.05, 0.1) is 24.1 Å². The highest BCUT2D eigenvalue weighted by Gasteiger charge is 2.09. The number of para-hydroxylation sites is 2. The average Bonchev–Trinajstić information content (AvgIpc) is 3.01. The minimum atomic E-state index is -0.436. The standard InChI is InChI=1S/C17H15FN4O2/c18-12-7-5-11(6-8-12)17(24)20-10-16(23)19-9-15-21-13-3-1-2-4-14(13)22-15/h1-8H,9-10H2,(H,19,23)(H,20,24)(H,21,22). The molecule has 0 aliphatic rings. The van der Waals surface area contributed by atoms with Crippen molar-refractivity contribution in [1.29, 1.82) is 0 Å². The minimum Gasteiger partial charge on any atom is -0.347 e. The summed E-state index contributed by atoms with van der Waals surface area (Å²) < 4.78 is 12.8. The first-order valence-electron chi connectivity index (χ1n) is 7.36. The number of benzene rings is 2. The number of amides is 2. The molecule has 0 saturated heterocycles. The number of rotatable bonds is 5. The first-order chi connectivity index (χ1) is 11.6. The fraction of sp³-hybridized carbons (Fsp3) is 0.118. The van der Waals surface area contributed by atoms with Gasteiger partial charge in [-0.3, -0.25) is 9.59 Å². The van der Waals surface area contributed by atoms with Gasteiger partial charge in [0.25, 0.3) is 5.91 Å². The van der Waals surface area contributed by atoms with Crippen LogP contribution in [0.25, 0.3) is 11.0 Å². The van der Waals surface area contributed by atoms with E-state index < -0.39 is 11.7 Å². The predicted molar refractivity (Wildman–Crippen MR) is 86.7 cm³/mol. The van der Waals surface area contributed by atoms with Gasteiger partial charge in [0.15, 0.2) is 0 Å². The zero-order valence-electron chi connectivity index (χ0n) is 12.7. The van der Waals surface area contributed by atoms with Gasteiger partial charge in [-0.25, -0.2) is 9.37 Å². The molecule has 3 aromatic rings. The summed E-state index contributed by atoms with van der Waals surface area (Å²) in [6, 6.07) is 12.7. The molecule has 0 spiro atoms. The van der Waals surface area contributed by atoms with Crippen LogP contribution in [0.5, 0.6) is 0 Å². The number of nitrogens with one attached hydrogen (secondary N) is 3. The van der Waals surface area contributed by atoms with Crippen molar-refractivity contribution in [3.8, 4) is 0 Å². The first-order valence-corrected chi connectivity index (χ1v) is 7.36. The van der Waals surface area contributed by atoms with Crippen LogP contribution in [0.2, 0.25) is 0 Å². The topological polar surface area (TPSA) is 86.9 Å². The van der Waals surface area contributed by atoms with Crippen molar-refractivity contribution in [1.82, 2.24) is 20.6 Å². The molecule has 0 unspecified atom stereocenters. The van der Waals surface area contributed by atoms with E-state index in [1.165, 1.54) is 24.3 Å². The van der Waals surface area contributed by atoms with Crippen LogP contribution in [0.3, 0.4) is 0 Å². The summed E-state index contributed by atoms with van der Waals surface area (Å²) in [5, 5.41) is 5.15. The molecule has 1 aromatic heterocycles. The third-order valence-electron chi connectivity index (χ3n) is 3.41. The molecule has 7 heteroatoms. The molecule has 0 atom stereocenters. The summed E-state index contributed by atoms with van der Waals surface area (Å²) in [5.74, 6) is -0.565. The van der Waals surface area contributed by atoms with E-state index in [1.807, 2.05) is 24.3 Å². The molecule has 3 rings (SSSR count). The number of hydrogen-bond acceptors (Lipinski definition) is 3. The van der Waals surface area contributed by atoms with Gasteiger partial charge >= 0.3 is 0 Å². The van der Waals surface area contributed by atoms with E-state index in [4.69, 9.17) is 0 Å². The van der Waals surface area contributed by atoms with Crippen molar-refractivity contribution in [2.45, 2.75) is 6.54 Å². The molecule has 0 bridgehead atoms. The Morgan fingerprint density at radius 1 is 1.04 bits per heavy atom. The number of aromatic nitrogens is 2. The molecule has 1 heterocycles. The van der Waals surface area contributed by atoms with Crippen molar-refractivity contribution in [2.75, 3.05) is 6.54 Å². The molecule has 3 N–H and O–H groups in total. The molecule has 0 radical (unpaired) electrons. The molecule has 0 fully saturated rings. The Morgan fingerprint density at radius 3 is 2.54 bits per heavy atom. The Bertz CT molecular complexity index is 841. The van der Waals surface area contributed by atoms with Gasteiger partial charge in [-0.2, -0.15) is 0 Å². The number of carbonyl (C=O) groups is 2. The van der Waals surface area contributed by atoms with E-state index in [9.17, 15) is 14.0 Å². The van der Waals surface area contributed by atoms with Crippen LogP contribution >= 0.6 is 0 Å². The highest BCUT2D eigenvalue weighted by atomic mass is 19.1. The SMILES string of the molecule is O=C(CNC(=O)c1ccc(F)cc1)NCc1nc2ccccc2[nH]1. The minimum absolute atomic E-state index is 0.170. The van der Waals surface area contributed by atoms with Crippen LogP contribution in [-0.2, 0) is 11.3 Å². The van der Waals surface area contributed by atoms with Crippen LogP contribution in [-0.4, -0.2) is 28.3 Å². The highest BCUT2D eigenvalue weighted by molar-refractivity contribution is 5.96. The zero-order valence-corrected chi connectivity index (χ0v) is 12.7. The van der Waals surface area contributed by atoms with Crippen molar-refractivity contribution < 1.29 is 14.0 Å². The summed E-state index contributed by atoms with van der Waals surface area (Å²) in [6.07, 6.45) is 0. The third-order valence-corrected chi connectivity index (χ3v) is 3.41. The maximum atomic E-state index is 12.8. The zero-order chi connectivity index (χ0) is 16.9. The molecule has 24 heavy (non-hydrogen) atoms. The van der Waals surface area contributed by atoms with Gasteiger partial charge in [0, 0.05) is 5.56 Å². The number of aromatic amines is 1. The molecule has 0 saturated carbocycles. The van der Waals surface area contributed by atoms with Crippen LogP contribution in [0.4, 0.5) is 4.39 Å². The lowest BCUT2D eigenvalue weighted by molar-refractivity contribution is -0.120. The molecule has 6 nitrogen and oxygen atoms in total.